The van der Waals surface area contributed by atoms with Crippen LogP contribution in [0.2, 0.25) is 25.7 Å². The van der Waals surface area contributed by atoms with E-state index >= 15 is 0 Å². The molecule has 1 aromatic carbocycles. The number of benzene rings is 1. The molecule has 0 radical (unpaired) electrons. The molecular weight excluding hydrogens is 370 g/mol. The number of nitrogens with zero attached hydrogens (tertiary/aromatic N) is 3. The first kappa shape index (κ1) is 20.2. The molecule has 0 unspecified atom stereocenters. The number of hydrogen-bond acceptors (Lipinski definition) is 6. The fourth-order valence-corrected chi connectivity index (χ4v) is 3.58. The number of fused-ring (bicyclic) bond motifs is 1. The van der Waals surface area contributed by atoms with Crippen LogP contribution in [0, 0.1) is 0 Å². The van der Waals surface area contributed by atoms with Gasteiger partial charge in [-0.15, -0.1) is 0 Å². The van der Waals surface area contributed by atoms with Gasteiger partial charge in [-0.05, 0) is 23.7 Å². The Bertz CT molecular complexity index is 919. The molecule has 0 atom stereocenters. The number of ether oxygens (including phenoxy) is 2. The van der Waals surface area contributed by atoms with Crippen molar-refractivity contribution >= 4 is 30.5 Å². The van der Waals surface area contributed by atoms with Crippen molar-refractivity contribution in [2.24, 2.45) is 0 Å². The van der Waals surface area contributed by atoms with E-state index in [1.54, 1.807) is 24.2 Å². The predicted molar refractivity (Wildman–Crippen MR) is 116 cm³/mol. The SMILES string of the molecule is COc1ccc(CNc2ncc(N)c3c2cnn3COCC[Si](C)(C)C)cc1. The van der Waals surface area contributed by atoms with Gasteiger partial charge in [0.15, 0.2) is 0 Å². The summed E-state index contributed by atoms with van der Waals surface area (Å²) in [5.41, 5.74) is 8.74. The number of rotatable bonds is 9. The average Bonchev–Trinajstić information content (AvgIpc) is 3.09. The van der Waals surface area contributed by atoms with Gasteiger partial charge in [0.1, 0.15) is 18.3 Å². The van der Waals surface area contributed by atoms with Gasteiger partial charge in [-0.3, -0.25) is 0 Å². The van der Waals surface area contributed by atoms with E-state index in [4.69, 9.17) is 15.2 Å². The molecule has 2 aromatic heterocycles. The second-order valence-corrected chi connectivity index (χ2v) is 13.6. The Labute approximate surface area is 166 Å². The summed E-state index contributed by atoms with van der Waals surface area (Å²) in [5, 5.41) is 8.72. The van der Waals surface area contributed by atoms with Gasteiger partial charge in [-0.25, -0.2) is 9.67 Å². The Hall–Kier alpha value is -2.58. The lowest BCUT2D eigenvalue weighted by atomic mass is 10.2. The van der Waals surface area contributed by atoms with Crippen molar-refractivity contribution in [1.82, 2.24) is 14.8 Å². The average molecular weight is 400 g/mol. The maximum Gasteiger partial charge on any atom is 0.140 e. The molecule has 3 N–H and O–H groups in total. The summed E-state index contributed by atoms with van der Waals surface area (Å²) in [6.45, 7) is 8.79. The molecule has 0 amide bonds. The topological polar surface area (TPSA) is 87.2 Å². The van der Waals surface area contributed by atoms with Crippen LogP contribution in [0.15, 0.2) is 36.7 Å². The lowest BCUT2D eigenvalue weighted by molar-refractivity contribution is 0.0817. The molecular formula is C20H29N5O2Si. The van der Waals surface area contributed by atoms with Crippen molar-refractivity contribution in [2.75, 3.05) is 24.8 Å². The van der Waals surface area contributed by atoms with E-state index in [1.165, 1.54) is 0 Å². The lowest BCUT2D eigenvalue weighted by Crippen LogP contribution is -2.22. The minimum atomic E-state index is -1.11. The normalized spacial score (nSPS) is 11.7. The molecule has 3 aromatic rings. The van der Waals surface area contributed by atoms with Gasteiger partial charge in [-0.1, -0.05) is 31.8 Å². The van der Waals surface area contributed by atoms with Crippen molar-refractivity contribution in [3.63, 3.8) is 0 Å². The largest absolute Gasteiger partial charge is 0.497 e. The molecule has 0 saturated heterocycles. The molecule has 3 rings (SSSR count). The van der Waals surface area contributed by atoms with Gasteiger partial charge in [-0.2, -0.15) is 5.10 Å². The zero-order chi connectivity index (χ0) is 20.1. The highest BCUT2D eigenvalue weighted by Gasteiger charge is 2.14. The molecule has 0 aliphatic heterocycles. The molecule has 7 nitrogen and oxygen atoms in total. The first-order valence-corrected chi connectivity index (χ1v) is 13.1. The van der Waals surface area contributed by atoms with Crippen LogP contribution >= 0.6 is 0 Å². The van der Waals surface area contributed by atoms with E-state index in [9.17, 15) is 0 Å². The number of pyridine rings is 1. The minimum absolute atomic E-state index is 0.389. The third kappa shape index (κ3) is 5.02. The molecule has 28 heavy (non-hydrogen) atoms. The van der Waals surface area contributed by atoms with Crippen LogP contribution in [0.3, 0.4) is 0 Å². The number of aromatic nitrogens is 3. The van der Waals surface area contributed by atoms with E-state index < -0.39 is 8.07 Å². The summed E-state index contributed by atoms with van der Waals surface area (Å²) in [5.74, 6) is 1.60. The Morgan fingerprint density at radius 2 is 1.89 bits per heavy atom. The maximum absolute atomic E-state index is 6.17. The molecule has 0 bridgehead atoms. The zero-order valence-corrected chi connectivity index (χ0v) is 18.0. The first-order valence-electron chi connectivity index (χ1n) is 9.42. The van der Waals surface area contributed by atoms with Crippen LogP contribution in [0.4, 0.5) is 11.5 Å². The zero-order valence-electron chi connectivity index (χ0n) is 17.0. The third-order valence-corrected chi connectivity index (χ3v) is 6.23. The number of nitrogens with two attached hydrogens (primary N) is 1. The second kappa shape index (κ2) is 8.62. The highest BCUT2D eigenvalue weighted by atomic mass is 28.3. The molecule has 8 heteroatoms. The fraction of sp³-hybridized carbons (Fsp3) is 0.400. The number of anilines is 2. The van der Waals surface area contributed by atoms with Gasteiger partial charge in [0.2, 0.25) is 0 Å². The molecule has 0 aliphatic carbocycles. The van der Waals surface area contributed by atoms with Crippen LogP contribution in [0.1, 0.15) is 5.56 Å². The Balaban J connectivity index is 1.70. The predicted octanol–water partition coefficient (Wildman–Crippen LogP) is 3.95. The van der Waals surface area contributed by atoms with E-state index in [-0.39, 0.29) is 0 Å². The summed E-state index contributed by atoms with van der Waals surface area (Å²) in [4.78, 5) is 4.45. The lowest BCUT2D eigenvalue weighted by Gasteiger charge is -2.15. The van der Waals surface area contributed by atoms with Gasteiger partial charge in [0.25, 0.3) is 0 Å². The van der Waals surface area contributed by atoms with Crippen molar-refractivity contribution < 1.29 is 9.47 Å². The fourth-order valence-electron chi connectivity index (χ4n) is 2.83. The van der Waals surface area contributed by atoms with E-state index in [2.05, 4.69) is 35.0 Å². The highest BCUT2D eigenvalue weighted by molar-refractivity contribution is 6.76. The monoisotopic (exact) mass is 399 g/mol. The van der Waals surface area contributed by atoms with Crippen LogP contribution in [0.5, 0.6) is 5.75 Å². The molecule has 0 fully saturated rings. The van der Waals surface area contributed by atoms with E-state index in [1.807, 2.05) is 24.3 Å². The summed E-state index contributed by atoms with van der Waals surface area (Å²) < 4.78 is 12.8. The Morgan fingerprint density at radius 3 is 2.57 bits per heavy atom. The molecule has 0 spiro atoms. The minimum Gasteiger partial charge on any atom is -0.497 e. The van der Waals surface area contributed by atoms with Crippen LogP contribution in [0.25, 0.3) is 10.9 Å². The quantitative estimate of drug-likeness (QED) is 0.418. The number of methoxy groups -OCH3 is 1. The Kier molecular flexibility index (Phi) is 6.20. The third-order valence-electron chi connectivity index (χ3n) is 4.53. The van der Waals surface area contributed by atoms with Crippen LogP contribution in [-0.2, 0) is 18.0 Å². The maximum atomic E-state index is 6.17. The standard InChI is InChI=1S/C20H29N5O2Si/c1-26-16-7-5-15(6-8-16)11-22-20-17-12-24-25(19(17)18(21)13-23-20)14-27-9-10-28(2,3)4/h5-8,12-13H,9-11,14,21H2,1-4H3,(H,22,23). The first-order chi connectivity index (χ1) is 13.4. The molecule has 0 aliphatic rings. The molecule has 2 heterocycles. The van der Waals surface area contributed by atoms with Gasteiger partial charge in [0, 0.05) is 21.2 Å². The van der Waals surface area contributed by atoms with E-state index in [0.717, 1.165) is 40.7 Å². The van der Waals surface area contributed by atoms with Gasteiger partial charge >= 0.3 is 0 Å². The highest BCUT2D eigenvalue weighted by Crippen LogP contribution is 2.26. The smallest absolute Gasteiger partial charge is 0.140 e. The summed E-state index contributed by atoms with van der Waals surface area (Å²) in [6.07, 6.45) is 3.45. The second-order valence-electron chi connectivity index (χ2n) is 8.02. The summed E-state index contributed by atoms with van der Waals surface area (Å²) in [7, 11) is 0.552. The van der Waals surface area contributed by atoms with Crippen molar-refractivity contribution in [2.45, 2.75) is 39.0 Å². The Morgan fingerprint density at radius 1 is 1.14 bits per heavy atom. The van der Waals surface area contributed by atoms with Gasteiger partial charge < -0.3 is 20.5 Å². The number of nitrogens with one attached hydrogen (secondary N) is 1. The van der Waals surface area contributed by atoms with Crippen molar-refractivity contribution in [3.8, 4) is 5.75 Å². The van der Waals surface area contributed by atoms with Crippen molar-refractivity contribution in [1.29, 1.82) is 0 Å². The molecule has 150 valence electrons. The summed E-state index contributed by atoms with van der Waals surface area (Å²) in [6, 6.07) is 9.06. The number of nitrogen functional groups attached to an aromatic ring is 1. The van der Waals surface area contributed by atoms with Crippen LogP contribution in [-0.4, -0.2) is 36.6 Å². The van der Waals surface area contributed by atoms with E-state index in [0.29, 0.717) is 19.0 Å². The van der Waals surface area contributed by atoms with Crippen molar-refractivity contribution in [3.05, 3.63) is 42.2 Å². The summed E-state index contributed by atoms with van der Waals surface area (Å²) >= 11 is 0. The molecule has 0 saturated carbocycles. The van der Waals surface area contributed by atoms with Crippen LogP contribution < -0.4 is 15.8 Å². The van der Waals surface area contributed by atoms with Gasteiger partial charge in [0.05, 0.1) is 36.1 Å². The number of hydrogen-bond donors (Lipinski definition) is 2.